The van der Waals surface area contributed by atoms with Gasteiger partial charge in [-0.05, 0) is 53.1 Å². The molecular weight excluding hydrogens is 285 g/mol. The lowest BCUT2D eigenvalue weighted by Gasteiger charge is -2.13. The van der Waals surface area contributed by atoms with Gasteiger partial charge in [-0.15, -0.1) is 0 Å². The van der Waals surface area contributed by atoms with Crippen molar-refractivity contribution < 1.29 is 9.13 Å². The van der Waals surface area contributed by atoms with Crippen LogP contribution >= 0.6 is 11.3 Å². The number of rotatable bonds is 8. The van der Waals surface area contributed by atoms with Crippen LogP contribution in [0.4, 0.5) is 4.39 Å². The minimum Gasteiger partial charge on any atom is -0.493 e. The third kappa shape index (κ3) is 5.48. The Morgan fingerprint density at radius 1 is 1.29 bits per heavy atom. The normalized spacial score (nSPS) is 11.0. The first-order valence-electron chi connectivity index (χ1n) is 7.28. The number of nitrogens with one attached hydrogen (secondary N) is 1. The van der Waals surface area contributed by atoms with Gasteiger partial charge in [-0.25, -0.2) is 4.39 Å². The van der Waals surface area contributed by atoms with Crippen LogP contribution in [0.5, 0.6) is 5.75 Å². The van der Waals surface area contributed by atoms with Crippen molar-refractivity contribution in [1.29, 1.82) is 0 Å². The maximum Gasteiger partial charge on any atom is 0.123 e. The molecule has 0 saturated carbocycles. The summed E-state index contributed by atoms with van der Waals surface area (Å²) in [6.07, 6.45) is 0.875. The molecule has 0 spiro atoms. The molecule has 0 atom stereocenters. The van der Waals surface area contributed by atoms with Gasteiger partial charge in [0.1, 0.15) is 11.6 Å². The highest BCUT2D eigenvalue weighted by atomic mass is 32.1. The lowest BCUT2D eigenvalue weighted by atomic mass is 10.1. The van der Waals surface area contributed by atoms with Crippen LogP contribution in [0, 0.1) is 11.7 Å². The van der Waals surface area contributed by atoms with E-state index in [0.717, 1.165) is 24.3 Å². The first-order chi connectivity index (χ1) is 10.1. The Kier molecular flexibility index (Phi) is 6.21. The molecule has 0 unspecified atom stereocenters. The van der Waals surface area contributed by atoms with E-state index in [1.165, 1.54) is 11.6 Å². The highest BCUT2D eigenvalue weighted by Crippen LogP contribution is 2.20. The number of halogens is 1. The minimum absolute atomic E-state index is 0.221. The van der Waals surface area contributed by atoms with Crippen LogP contribution in [0.15, 0.2) is 35.0 Å². The summed E-state index contributed by atoms with van der Waals surface area (Å²) < 4.78 is 19.2. The second kappa shape index (κ2) is 8.15. The molecule has 1 N–H and O–H groups in total. The van der Waals surface area contributed by atoms with Gasteiger partial charge >= 0.3 is 0 Å². The molecule has 114 valence electrons. The van der Waals surface area contributed by atoms with Crippen LogP contribution in [-0.4, -0.2) is 13.2 Å². The predicted molar refractivity (Wildman–Crippen MR) is 86.5 cm³/mol. The fourth-order valence-corrected chi connectivity index (χ4v) is 2.74. The summed E-state index contributed by atoms with van der Waals surface area (Å²) >= 11 is 1.69. The fraction of sp³-hybridized carbons (Fsp3) is 0.412. The number of hydrogen-bond acceptors (Lipinski definition) is 3. The standard InChI is InChI=1S/C17H22FNOS/c1-13(2)10-19-11-15-9-16(18)3-4-17(15)20-7-5-14-6-8-21-12-14/h3-4,6,8-9,12-13,19H,5,7,10-11H2,1-2H3. The van der Waals surface area contributed by atoms with Gasteiger partial charge in [0.25, 0.3) is 0 Å². The lowest BCUT2D eigenvalue weighted by molar-refractivity contribution is 0.317. The summed E-state index contributed by atoms with van der Waals surface area (Å²) in [7, 11) is 0. The van der Waals surface area contributed by atoms with Crippen molar-refractivity contribution in [3.63, 3.8) is 0 Å². The summed E-state index contributed by atoms with van der Waals surface area (Å²) in [6, 6.07) is 6.82. The minimum atomic E-state index is -0.221. The third-order valence-corrected chi connectivity index (χ3v) is 3.85. The first kappa shape index (κ1) is 16.0. The van der Waals surface area contributed by atoms with Gasteiger partial charge in [-0.3, -0.25) is 0 Å². The molecule has 1 heterocycles. The molecule has 0 aliphatic heterocycles. The Hall–Kier alpha value is -1.39. The molecule has 2 aromatic rings. The molecule has 4 heteroatoms. The zero-order valence-electron chi connectivity index (χ0n) is 12.6. The average Bonchev–Trinajstić information content (AvgIpc) is 2.94. The number of ether oxygens (including phenoxy) is 1. The van der Waals surface area contributed by atoms with Gasteiger partial charge in [0, 0.05) is 18.5 Å². The average molecular weight is 307 g/mol. The quantitative estimate of drug-likeness (QED) is 0.787. The van der Waals surface area contributed by atoms with Gasteiger partial charge < -0.3 is 10.1 Å². The zero-order chi connectivity index (χ0) is 15.1. The van der Waals surface area contributed by atoms with Gasteiger partial charge in [0.2, 0.25) is 0 Å². The second-order valence-corrected chi connectivity index (χ2v) is 6.29. The van der Waals surface area contributed by atoms with Crippen LogP contribution in [0.1, 0.15) is 25.0 Å². The van der Waals surface area contributed by atoms with Crippen LogP contribution in [0.3, 0.4) is 0 Å². The Balaban J connectivity index is 1.90. The first-order valence-corrected chi connectivity index (χ1v) is 8.22. The molecule has 1 aromatic heterocycles. The van der Waals surface area contributed by atoms with E-state index in [2.05, 4.69) is 36.0 Å². The van der Waals surface area contributed by atoms with E-state index < -0.39 is 0 Å². The maximum absolute atomic E-state index is 13.4. The van der Waals surface area contributed by atoms with E-state index in [-0.39, 0.29) is 5.82 Å². The van der Waals surface area contributed by atoms with Crippen LogP contribution in [0.25, 0.3) is 0 Å². The molecule has 0 aliphatic carbocycles. The molecule has 0 amide bonds. The van der Waals surface area contributed by atoms with Crippen molar-refractivity contribution in [2.75, 3.05) is 13.2 Å². The highest BCUT2D eigenvalue weighted by Gasteiger charge is 2.06. The largest absolute Gasteiger partial charge is 0.493 e. The third-order valence-electron chi connectivity index (χ3n) is 3.12. The van der Waals surface area contributed by atoms with E-state index >= 15 is 0 Å². The van der Waals surface area contributed by atoms with Crippen molar-refractivity contribution in [1.82, 2.24) is 5.32 Å². The smallest absolute Gasteiger partial charge is 0.123 e. The summed E-state index contributed by atoms with van der Waals surface area (Å²) in [6.45, 7) is 6.45. The van der Waals surface area contributed by atoms with Gasteiger partial charge in [0.05, 0.1) is 6.61 Å². The fourth-order valence-electron chi connectivity index (χ4n) is 2.04. The van der Waals surface area contributed by atoms with Gasteiger partial charge in [-0.2, -0.15) is 11.3 Å². The molecule has 2 nitrogen and oxygen atoms in total. The van der Waals surface area contributed by atoms with Crippen molar-refractivity contribution >= 4 is 11.3 Å². The molecule has 2 rings (SSSR count). The predicted octanol–water partition coefficient (Wildman–Crippen LogP) is 4.25. The van der Waals surface area contributed by atoms with Crippen molar-refractivity contribution in [2.45, 2.75) is 26.8 Å². The topological polar surface area (TPSA) is 21.3 Å². The molecular formula is C17H22FNOS. The number of hydrogen-bond donors (Lipinski definition) is 1. The molecule has 0 radical (unpaired) electrons. The van der Waals surface area contributed by atoms with Gasteiger partial charge in [0.15, 0.2) is 0 Å². The Labute approximate surface area is 130 Å². The van der Waals surface area contributed by atoms with E-state index in [1.807, 2.05) is 0 Å². The maximum atomic E-state index is 13.4. The summed E-state index contributed by atoms with van der Waals surface area (Å²) in [4.78, 5) is 0. The highest BCUT2D eigenvalue weighted by molar-refractivity contribution is 7.07. The van der Waals surface area contributed by atoms with E-state index in [4.69, 9.17) is 4.74 Å². The molecule has 21 heavy (non-hydrogen) atoms. The zero-order valence-corrected chi connectivity index (χ0v) is 13.4. The molecule has 0 fully saturated rings. The Morgan fingerprint density at radius 2 is 2.14 bits per heavy atom. The Morgan fingerprint density at radius 3 is 2.86 bits per heavy atom. The summed E-state index contributed by atoms with van der Waals surface area (Å²) in [5.41, 5.74) is 2.16. The van der Waals surface area contributed by atoms with Crippen molar-refractivity contribution in [2.24, 2.45) is 5.92 Å². The van der Waals surface area contributed by atoms with E-state index in [1.54, 1.807) is 23.5 Å². The number of thiophene rings is 1. The van der Waals surface area contributed by atoms with Crippen LogP contribution in [0.2, 0.25) is 0 Å². The Bertz CT molecular complexity index is 540. The lowest BCUT2D eigenvalue weighted by Crippen LogP contribution is -2.19. The number of benzene rings is 1. The van der Waals surface area contributed by atoms with Crippen molar-refractivity contribution in [3.8, 4) is 5.75 Å². The summed E-state index contributed by atoms with van der Waals surface area (Å²) in [5, 5.41) is 7.52. The SMILES string of the molecule is CC(C)CNCc1cc(F)ccc1OCCc1ccsc1. The van der Waals surface area contributed by atoms with Crippen molar-refractivity contribution in [3.05, 3.63) is 52.0 Å². The molecule has 0 bridgehead atoms. The van der Waals surface area contributed by atoms with Crippen LogP contribution < -0.4 is 10.1 Å². The monoisotopic (exact) mass is 307 g/mol. The second-order valence-electron chi connectivity index (χ2n) is 5.51. The molecule has 1 aromatic carbocycles. The molecule has 0 saturated heterocycles. The summed E-state index contributed by atoms with van der Waals surface area (Å²) in [5.74, 6) is 1.12. The van der Waals surface area contributed by atoms with E-state index in [9.17, 15) is 4.39 Å². The van der Waals surface area contributed by atoms with E-state index in [0.29, 0.717) is 19.1 Å². The molecule has 0 aliphatic rings. The van der Waals surface area contributed by atoms with Gasteiger partial charge in [-0.1, -0.05) is 13.8 Å². The van der Waals surface area contributed by atoms with Crippen LogP contribution in [-0.2, 0) is 13.0 Å².